The van der Waals surface area contributed by atoms with Gasteiger partial charge in [0.15, 0.2) is 0 Å². The molecule has 28 heavy (non-hydrogen) atoms. The maximum absolute atomic E-state index is 12.7. The van der Waals surface area contributed by atoms with Crippen molar-refractivity contribution >= 4 is 33.4 Å². The van der Waals surface area contributed by atoms with Crippen molar-refractivity contribution in [2.24, 2.45) is 5.92 Å². The molecule has 0 saturated carbocycles. The highest BCUT2D eigenvalue weighted by Gasteiger charge is 2.37. The Morgan fingerprint density at radius 2 is 1.79 bits per heavy atom. The third-order valence-electron chi connectivity index (χ3n) is 5.40. The minimum atomic E-state index is -3.56. The third-order valence-corrected chi connectivity index (χ3v) is 7.57. The minimum absolute atomic E-state index is 0.0130. The molecule has 3 rings (SSSR count). The van der Waals surface area contributed by atoms with Crippen molar-refractivity contribution in [1.82, 2.24) is 14.5 Å². The molecule has 0 radical (unpaired) electrons. The molecule has 1 aromatic rings. The standard InChI is InChI=1S/C19H26ClN3O4S/c1-13(2)23-12-14(11-18(23)24)19(25)21-16-7-9-22(10-8-16)28(26,27)17-5-3-15(20)4-6-17/h3-6,13-14,16H,7-12H2,1-2H3,(H,21,25). The van der Waals surface area contributed by atoms with Gasteiger partial charge in [-0.25, -0.2) is 8.42 Å². The molecule has 2 aliphatic heterocycles. The van der Waals surface area contributed by atoms with Gasteiger partial charge in [0.05, 0.1) is 10.8 Å². The molecule has 0 bridgehead atoms. The predicted molar refractivity (Wildman–Crippen MR) is 106 cm³/mol. The molecule has 2 fully saturated rings. The highest BCUT2D eigenvalue weighted by atomic mass is 35.5. The second kappa shape index (κ2) is 8.39. The number of hydrogen-bond acceptors (Lipinski definition) is 4. The van der Waals surface area contributed by atoms with Gasteiger partial charge in [0, 0.05) is 43.2 Å². The molecule has 2 amide bonds. The summed E-state index contributed by atoms with van der Waals surface area (Å²) >= 11 is 5.83. The number of carbonyl (C=O) groups is 2. The first-order valence-electron chi connectivity index (χ1n) is 9.54. The van der Waals surface area contributed by atoms with Crippen molar-refractivity contribution in [3.8, 4) is 0 Å². The zero-order valence-corrected chi connectivity index (χ0v) is 17.7. The molecule has 1 aromatic carbocycles. The number of piperidine rings is 1. The number of rotatable bonds is 5. The van der Waals surface area contributed by atoms with Gasteiger partial charge in [0.25, 0.3) is 0 Å². The smallest absolute Gasteiger partial charge is 0.243 e. The number of sulfonamides is 1. The Morgan fingerprint density at radius 3 is 2.32 bits per heavy atom. The summed E-state index contributed by atoms with van der Waals surface area (Å²) in [6, 6.07) is 6.14. The Morgan fingerprint density at radius 1 is 1.18 bits per heavy atom. The zero-order valence-electron chi connectivity index (χ0n) is 16.1. The summed E-state index contributed by atoms with van der Waals surface area (Å²) < 4.78 is 26.9. The highest BCUT2D eigenvalue weighted by molar-refractivity contribution is 7.89. The average Bonchev–Trinajstić information content (AvgIpc) is 3.05. The van der Waals surface area contributed by atoms with Crippen LogP contribution in [-0.2, 0) is 19.6 Å². The van der Waals surface area contributed by atoms with E-state index in [4.69, 9.17) is 11.6 Å². The lowest BCUT2D eigenvalue weighted by molar-refractivity contribution is -0.130. The lowest BCUT2D eigenvalue weighted by Gasteiger charge is -2.32. The van der Waals surface area contributed by atoms with Gasteiger partial charge in [-0.2, -0.15) is 4.31 Å². The van der Waals surface area contributed by atoms with E-state index >= 15 is 0 Å². The maximum atomic E-state index is 12.7. The first kappa shape index (κ1) is 21.1. The van der Waals surface area contributed by atoms with Gasteiger partial charge in [-0.05, 0) is 51.0 Å². The SMILES string of the molecule is CC(C)N1CC(C(=O)NC2CCN(S(=O)(=O)c3ccc(Cl)cc3)CC2)CC1=O. The van der Waals surface area contributed by atoms with Crippen molar-refractivity contribution < 1.29 is 18.0 Å². The van der Waals surface area contributed by atoms with Crippen molar-refractivity contribution in [1.29, 1.82) is 0 Å². The Bertz CT molecular complexity index is 833. The fraction of sp³-hybridized carbons (Fsp3) is 0.579. The van der Waals surface area contributed by atoms with Gasteiger partial charge < -0.3 is 10.2 Å². The molecule has 1 atom stereocenters. The molecular weight excluding hydrogens is 402 g/mol. The summed E-state index contributed by atoms with van der Waals surface area (Å²) in [5, 5.41) is 3.49. The first-order chi connectivity index (χ1) is 13.2. The number of halogens is 1. The third kappa shape index (κ3) is 4.50. The number of benzene rings is 1. The second-order valence-corrected chi connectivity index (χ2v) is 10.1. The van der Waals surface area contributed by atoms with E-state index in [1.807, 2.05) is 13.8 Å². The number of hydrogen-bond donors (Lipinski definition) is 1. The molecule has 154 valence electrons. The van der Waals surface area contributed by atoms with Crippen molar-refractivity contribution in [2.75, 3.05) is 19.6 Å². The minimum Gasteiger partial charge on any atom is -0.353 e. The Balaban J connectivity index is 1.53. The van der Waals surface area contributed by atoms with E-state index in [9.17, 15) is 18.0 Å². The van der Waals surface area contributed by atoms with E-state index in [0.717, 1.165) is 0 Å². The van der Waals surface area contributed by atoms with Crippen molar-refractivity contribution in [3.63, 3.8) is 0 Å². The van der Waals surface area contributed by atoms with Crippen LogP contribution < -0.4 is 5.32 Å². The van der Waals surface area contributed by atoms with Crippen LogP contribution in [0.4, 0.5) is 0 Å². The number of nitrogens with one attached hydrogen (secondary N) is 1. The van der Waals surface area contributed by atoms with E-state index in [1.165, 1.54) is 16.4 Å². The number of amides is 2. The molecule has 0 aromatic heterocycles. The van der Waals surface area contributed by atoms with E-state index in [0.29, 0.717) is 37.5 Å². The van der Waals surface area contributed by atoms with Crippen molar-refractivity contribution in [2.45, 2.75) is 50.1 Å². The van der Waals surface area contributed by atoms with Crippen LogP contribution in [-0.4, -0.2) is 61.2 Å². The van der Waals surface area contributed by atoms with Gasteiger partial charge in [-0.15, -0.1) is 0 Å². The molecule has 1 unspecified atom stereocenters. The van der Waals surface area contributed by atoms with Crippen LogP contribution in [0.2, 0.25) is 5.02 Å². The van der Waals surface area contributed by atoms with E-state index < -0.39 is 10.0 Å². The van der Waals surface area contributed by atoms with Crippen LogP contribution in [0.25, 0.3) is 0 Å². The first-order valence-corrected chi connectivity index (χ1v) is 11.4. The van der Waals surface area contributed by atoms with Crippen LogP contribution in [0.3, 0.4) is 0 Å². The summed E-state index contributed by atoms with van der Waals surface area (Å²) in [7, 11) is -3.56. The molecule has 2 aliphatic rings. The number of nitrogens with zero attached hydrogens (tertiary/aromatic N) is 2. The Hall–Kier alpha value is -1.64. The van der Waals surface area contributed by atoms with Crippen LogP contribution in [0.15, 0.2) is 29.2 Å². The van der Waals surface area contributed by atoms with Crippen LogP contribution in [0.5, 0.6) is 0 Å². The van der Waals surface area contributed by atoms with E-state index in [-0.39, 0.29) is 41.1 Å². The summed E-state index contributed by atoms with van der Waals surface area (Å²) in [5.74, 6) is -0.430. The molecular formula is C19H26ClN3O4S. The summed E-state index contributed by atoms with van der Waals surface area (Å²) in [5.41, 5.74) is 0. The quantitative estimate of drug-likeness (QED) is 0.777. The summed E-state index contributed by atoms with van der Waals surface area (Å²) in [6.45, 7) is 5.02. The van der Waals surface area contributed by atoms with Crippen LogP contribution in [0.1, 0.15) is 33.1 Å². The molecule has 0 aliphatic carbocycles. The zero-order chi connectivity index (χ0) is 20.5. The highest BCUT2D eigenvalue weighted by Crippen LogP contribution is 2.24. The monoisotopic (exact) mass is 427 g/mol. The fourth-order valence-corrected chi connectivity index (χ4v) is 5.32. The molecule has 7 nitrogen and oxygen atoms in total. The van der Waals surface area contributed by atoms with E-state index in [2.05, 4.69) is 5.32 Å². The predicted octanol–water partition coefficient (Wildman–Crippen LogP) is 1.87. The van der Waals surface area contributed by atoms with Crippen LogP contribution in [0, 0.1) is 5.92 Å². The maximum Gasteiger partial charge on any atom is 0.243 e. The Labute approximate surface area is 171 Å². The lowest BCUT2D eigenvalue weighted by atomic mass is 10.0. The van der Waals surface area contributed by atoms with Crippen LogP contribution >= 0.6 is 11.6 Å². The second-order valence-electron chi connectivity index (χ2n) is 7.68. The molecule has 2 saturated heterocycles. The molecule has 2 heterocycles. The molecule has 1 N–H and O–H groups in total. The normalized spacial score (nSPS) is 22.1. The van der Waals surface area contributed by atoms with Gasteiger partial charge in [0.2, 0.25) is 21.8 Å². The molecule has 0 spiro atoms. The summed E-state index contributed by atoms with van der Waals surface area (Å²) in [6.07, 6.45) is 1.34. The number of carbonyl (C=O) groups excluding carboxylic acids is 2. The topological polar surface area (TPSA) is 86.8 Å². The van der Waals surface area contributed by atoms with Gasteiger partial charge in [-0.1, -0.05) is 11.6 Å². The van der Waals surface area contributed by atoms with Gasteiger partial charge in [0.1, 0.15) is 0 Å². The largest absolute Gasteiger partial charge is 0.353 e. The van der Waals surface area contributed by atoms with E-state index in [1.54, 1.807) is 17.0 Å². The van der Waals surface area contributed by atoms with Gasteiger partial charge >= 0.3 is 0 Å². The Kier molecular flexibility index (Phi) is 6.31. The fourth-order valence-electron chi connectivity index (χ4n) is 3.72. The molecule has 9 heteroatoms. The average molecular weight is 428 g/mol. The van der Waals surface area contributed by atoms with Crippen molar-refractivity contribution in [3.05, 3.63) is 29.3 Å². The summed E-state index contributed by atoms with van der Waals surface area (Å²) in [4.78, 5) is 26.5. The van der Waals surface area contributed by atoms with Gasteiger partial charge in [-0.3, -0.25) is 9.59 Å². The lowest BCUT2D eigenvalue weighted by Crippen LogP contribution is -2.48. The number of likely N-dealkylation sites (tertiary alicyclic amines) is 1.